The summed E-state index contributed by atoms with van der Waals surface area (Å²) in [6, 6.07) is 10.5. The number of anilines is 1. The summed E-state index contributed by atoms with van der Waals surface area (Å²) in [5.41, 5.74) is 0.929. The first-order valence-electron chi connectivity index (χ1n) is 6.12. The van der Waals surface area contributed by atoms with E-state index in [4.69, 9.17) is 0 Å². The molecule has 0 aliphatic heterocycles. The fourth-order valence-electron chi connectivity index (χ4n) is 1.73. The van der Waals surface area contributed by atoms with Crippen molar-refractivity contribution in [2.24, 2.45) is 0 Å². The Morgan fingerprint density at radius 2 is 2.10 bits per heavy atom. The first-order chi connectivity index (χ1) is 10.2. The number of carbonyl (C=O) groups excluding carboxylic acids is 1. The van der Waals surface area contributed by atoms with Crippen LogP contribution in [0.25, 0.3) is 5.82 Å². The van der Waals surface area contributed by atoms with Crippen LogP contribution >= 0.6 is 15.9 Å². The standard InChI is InChI=1S/C14H10BrN5O/c15-12-4-1-3-11(19-12)14(21)18-10-5-6-13(16-9-10)20-8-2-7-17-20/h1-9H,(H,18,21). The van der Waals surface area contributed by atoms with E-state index < -0.39 is 0 Å². The van der Waals surface area contributed by atoms with E-state index in [1.165, 1.54) is 0 Å². The number of aromatic nitrogens is 4. The van der Waals surface area contributed by atoms with E-state index in [2.05, 4.69) is 36.3 Å². The van der Waals surface area contributed by atoms with Crippen molar-refractivity contribution in [3.63, 3.8) is 0 Å². The lowest BCUT2D eigenvalue weighted by Crippen LogP contribution is -2.14. The third-order valence-electron chi connectivity index (χ3n) is 2.69. The number of halogens is 1. The van der Waals surface area contributed by atoms with E-state index in [9.17, 15) is 4.79 Å². The molecule has 0 aromatic carbocycles. The van der Waals surface area contributed by atoms with Gasteiger partial charge in [-0.15, -0.1) is 0 Å². The van der Waals surface area contributed by atoms with Crippen LogP contribution in [0.5, 0.6) is 0 Å². The van der Waals surface area contributed by atoms with E-state index in [0.29, 0.717) is 21.8 Å². The Kier molecular flexibility index (Phi) is 3.74. The number of carbonyl (C=O) groups is 1. The molecule has 0 fully saturated rings. The van der Waals surface area contributed by atoms with Crippen molar-refractivity contribution in [3.8, 4) is 5.82 Å². The zero-order valence-electron chi connectivity index (χ0n) is 10.8. The number of hydrogen-bond donors (Lipinski definition) is 1. The van der Waals surface area contributed by atoms with Crippen LogP contribution in [0.4, 0.5) is 5.69 Å². The first-order valence-corrected chi connectivity index (χ1v) is 6.92. The minimum Gasteiger partial charge on any atom is -0.319 e. The number of nitrogens with one attached hydrogen (secondary N) is 1. The van der Waals surface area contributed by atoms with Gasteiger partial charge < -0.3 is 5.32 Å². The summed E-state index contributed by atoms with van der Waals surface area (Å²) in [7, 11) is 0. The Hall–Kier alpha value is -2.54. The smallest absolute Gasteiger partial charge is 0.274 e. The largest absolute Gasteiger partial charge is 0.319 e. The molecule has 21 heavy (non-hydrogen) atoms. The highest BCUT2D eigenvalue weighted by molar-refractivity contribution is 9.10. The van der Waals surface area contributed by atoms with E-state index in [-0.39, 0.29) is 5.91 Å². The first kappa shape index (κ1) is 13.4. The summed E-state index contributed by atoms with van der Waals surface area (Å²) in [5, 5.41) is 6.83. The minimum absolute atomic E-state index is 0.287. The summed E-state index contributed by atoms with van der Waals surface area (Å²) < 4.78 is 2.25. The van der Waals surface area contributed by atoms with Crippen molar-refractivity contribution in [3.05, 3.63) is 65.3 Å². The molecule has 0 atom stereocenters. The molecule has 3 aromatic rings. The molecule has 3 heterocycles. The van der Waals surface area contributed by atoms with Crippen LogP contribution in [0.1, 0.15) is 10.5 Å². The van der Waals surface area contributed by atoms with Gasteiger partial charge in [-0.2, -0.15) is 5.10 Å². The Bertz CT molecular complexity index is 755. The zero-order chi connectivity index (χ0) is 14.7. The molecule has 3 rings (SSSR count). The lowest BCUT2D eigenvalue weighted by molar-refractivity contribution is 0.102. The van der Waals surface area contributed by atoms with Crippen molar-refractivity contribution in [2.75, 3.05) is 5.32 Å². The van der Waals surface area contributed by atoms with Crippen LogP contribution < -0.4 is 5.32 Å². The Labute approximate surface area is 129 Å². The maximum atomic E-state index is 12.0. The Balaban J connectivity index is 1.75. The molecule has 1 N–H and O–H groups in total. The molecule has 7 heteroatoms. The average Bonchev–Trinajstić information content (AvgIpc) is 3.02. The number of hydrogen-bond acceptors (Lipinski definition) is 4. The molecular weight excluding hydrogens is 334 g/mol. The van der Waals surface area contributed by atoms with Gasteiger partial charge in [-0.05, 0) is 46.3 Å². The van der Waals surface area contributed by atoms with Gasteiger partial charge in [-0.25, -0.2) is 14.6 Å². The second kappa shape index (κ2) is 5.84. The molecule has 3 aromatic heterocycles. The normalized spacial score (nSPS) is 10.3. The van der Waals surface area contributed by atoms with Gasteiger partial charge in [0.05, 0.1) is 11.9 Å². The van der Waals surface area contributed by atoms with Gasteiger partial charge >= 0.3 is 0 Å². The van der Waals surface area contributed by atoms with Crippen LogP contribution in [0.15, 0.2) is 59.6 Å². The summed E-state index contributed by atoms with van der Waals surface area (Å²) in [5.74, 6) is 0.392. The molecule has 0 saturated heterocycles. The SMILES string of the molecule is O=C(Nc1ccc(-n2cccn2)nc1)c1cccc(Br)n1. The lowest BCUT2D eigenvalue weighted by Gasteiger charge is -2.06. The maximum Gasteiger partial charge on any atom is 0.274 e. The summed E-state index contributed by atoms with van der Waals surface area (Å²) in [4.78, 5) is 20.4. The van der Waals surface area contributed by atoms with Gasteiger partial charge in [-0.1, -0.05) is 6.07 Å². The number of nitrogens with zero attached hydrogens (tertiary/aromatic N) is 4. The third-order valence-corrected chi connectivity index (χ3v) is 3.13. The molecule has 104 valence electrons. The molecule has 0 radical (unpaired) electrons. The molecule has 1 amide bonds. The second-order valence-corrected chi connectivity index (χ2v) is 4.97. The van der Waals surface area contributed by atoms with Gasteiger partial charge in [0.25, 0.3) is 5.91 Å². The van der Waals surface area contributed by atoms with Crippen LogP contribution in [0, 0.1) is 0 Å². The quantitative estimate of drug-likeness (QED) is 0.742. The predicted molar refractivity (Wildman–Crippen MR) is 81.2 cm³/mol. The second-order valence-electron chi connectivity index (χ2n) is 4.16. The number of rotatable bonds is 3. The van der Waals surface area contributed by atoms with E-state index >= 15 is 0 Å². The molecular formula is C14H10BrN5O. The summed E-state index contributed by atoms with van der Waals surface area (Å²) in [6.45, 7) is 0. The molecule has 0 aliphatic carbocycles. The van der Waals surface area contributed by atoms with E-state index in [1.54, 1.807) is 53.6 Å². The van der Waals surface area contributed by atoms with Crippen LogP contribution in [-0.4, -0.2) is 25.7 Å². The molecule has 0 spiro atoms. The highest BCUT2D eigenvalue weighted by Gasteiger charge is 2.08. The maximum absolute atomic E-state index is 12.0. The van der Waals surface area contributed by atoms with Crippen molar-refractivity contribution < 1.29 is 4.79 Å². The van der Waals surface area contributed by atoms with Gasteiger partial charge in [0, 0.05) is 12.4 Å². The van der Waals surface area contributed by atoms with Crippen molar-refractivity contribution in [1.29, 1.82) is 0 Å². The van der Waals surface area contributed by atoms with Crippen LogP contribution in [0.2, 0.25) is 0 Å². The van der Waals surface area contributed by atoms with E-state index in [0.717, 1.165) is 0 Å². The van der Waals surface area contributed by atoms with E-state index in [1.807, 2.05) is 6.07 Å². The van der Waals surface area contributed by atoms with Gasteiger partial charge in [0.15, 0.2) is 5.82 Å². The topological polar surface area (TPSA) is 72.7 Å². The fourth-order valence-corrected chi connectivity index (χ4v) is 2.07. The van der Waals surface area contributed by atoms with Crippen LogP contribution in [0.3, 0.4) is 0 Å². The number of amides is 1. The summed E-state index contributed by atoms with van der Waals surface area (Å²) in [6.07, 6.45) is 5.05. The van der Waals surface area contributed by atoms with Crippen molar-refractivity contribution in [2.45, 2.75) is 0 Å². The average molecular weight is 344 g/mol. The third kappa shape index (κ3) is 3.14. The minimum atomic E-state index is -0.287. The van der Waals surface area contributed by atoms with Crippen LogP contribution in [-0.2, 0) is 0 Å². The van der Waals surface area contributed by atoms with Gasteiger partial charge in [0.1, 0.15) is 10.3 Å². The Morgan fingerprint density at radius 3 is 2.76 bits per heavy atom. The number of pyridine rings is 2. The highest BCUT2D eigenvalue weighted by atomic mass is 79.9. The molecule has 0 aliphatic rings. The molecule has 0 bridgehead atoms. The van der Waals surface area contributed by atoms with Gasteiger partial charge in [0.2, 0.25) is 0 Å². The predicted octanol–water partition coefficient (Wildman–Crippen LogP) is 2.68. The van der Waals surface area contributed by atoms with Crippen molar-refractivity contribution >= 4 is 27.5 Å². The highest BCUT2D eigenvalue weighted by Crippen LogP contribution is 2.11. The zero-order valence-corrected chi connectivity index (χ0v) is 12.4. The van der Waals surface area contributed by atoms with Gasteiger partial charge in [-0.3, -0.25) is 4.79 Å². The monoisotopic (exact) mass is 343 g/mol. The fraction of sp³-hybridized carbons (Fsp3) is 0. The lowest BCUT2D eigenvalue weighted by atomic mass is 10.3. The Morgan fingerprint density at radius 1 is 1.19 bits per heavy atom. The molecule has 6 nitrogen and oxygen atoms in total. The summed E-state index contributed by atoms with van der Waals surface area (Å²) >= 11 is 3.23. The molecule has 0 saturated carbocycles. The van der Waals surface area contributed by atoms with Crippen molar-refractivity contribution in [1.82, 2.24) is 19.7 Å². The molecule has 0 unspecified atom stereocenters.